The van der Waals surface area contributed by atoms with E-state index in [-0.39, 0.29) is 5.88 Å². The van der Waals surface area contributed by atoms with Crippen molar-refractivity contribution in [3.63, 3.8) is 0 Å². The SMILES string of the molecule is COCCn1c(Cc2ccc(-c3cccc(OC#N)n3)cc2-c2cc[nH]n2)nc2ccc(C(=O)OC)cc21. The molecule has 0 atom stereocenters. The number of nitrogens with zero attached hydrogens (tertiary/aromatic N) is 5. The largest absolute Gasteiger partial charge is 0.465 e. The number of carbonyl (C=O) groups is 1. The molecule has 38 heavy (non-hydrogen) atoms. The molecule has 0 bridgehead atoms. The van der Waals surface area contributed by atoms with Crippen LogP contribution in [0.4, 0.5) is 0 Å². The van der Waals surface area contributed by atoms with Crippen molar-refractivity contribution in [3.05, 3.63) is 83.8 Å². The third-order valence-corrected chi connectivity index (χ3v) is 6.17. The molecule has 0 saturated heterocycles. The maximum Gasteiger partial charge on any atom is 0.337 e. The van der Waals surface area contributed by atoms with Crippen LogP contribution in [-0.4, -0.2) is 51.5 Å². The van der Waals surface area contributed by atoms with E-state index in [1.54, 1.807) is 43.8 Å². The topological polar surface area (TPSA) is 128 Å². The van der Waals surface area contributed by atoms with Crippen molar-refractivity contribution in [2.45, 2.75) is 13.0 Å². The van der Waals surface area contributed by atoms with Gasteiger partial charge < -0.3 is 18.8 Å². The molecule has 3 heterocycles. The third-order valence-electron chi connectivity index (χ3n) is 6.17. The number of nitriles is 1. The normalized spacial score (nSPS) is 10.9. The highest BCUT2D eigenvalue weighted by Gasteiger charge is 2.18. The minimum atomic E-state index is -0.401. The zero-order chi connectivity index (χ0) is 26.5. The highest BCUT2D eigenvalue weighted by atomic mass is 16.5. The van der Waals surface area contributed by atoms with Crippen LogP contribution < -0.4 is 4.74 Å². The average Bonchev–Trinajstić information content (AvgIpc) is 3.60. The van der Waals surface area contributed by atoms with Crippen LogP contribution in [-0.2, 0) is 22.4 Å². The lowest BCUT2D eigenvalue weighted by Crippen LogP contribution is -2.10. The molecule has 2 aromatic carbocycles. The Balaban J connectivity index is 1.59. The van der Waals surface area contributed by atoms with Crippen LogP contribution in [0, 0.1) is 11.5 Å². The summed E-state index contributed by atoms with van der Waals surface area (Å²) in [5.74, 6) is 0.655. The molecular weight excluding hydrogens is 484 g/mol. The predicted octanol–water partition coefficient (Wildman–Crippen LogP) is 4.37. The van der Waals surface area contributed by atoms with Gasteiger partial charge in [-0.15, -0.1) is 5.26 Å². The van der Waals surface area contributed by atoms with Crippen molar-refractivity contribution in [2.75, 3.05) is 20.8 Å². The van der Waals surface area contributed by atoms with Crippen LogP contribution in [0.2, 0.25) is 0 Å². The van der Waals surface area contributed by atoms with E-state index in [9.17, 15) is 4.79 Å². The molecule has 10 nitrogen and oxygen atoms in total. The number of carbonyl (C=O) groups excluding carboxylic acids is 1. The number of pyridine rings is 1. The lowest BCUT2D eigenvalue weighted by molar-refractivity contribution is 0.0601. The second-order valence-corrected chi connectivity index (χ2v) is 8.43. The summed E-state index contributed by atoms with van der Waals surface area (Å²) in [6.07, 6.45) is 3.94. The van der Waals surface area contributed by atoms with Gasteiger partial charge in [0, 0.05) is 43.5 Å². The molecule has 5 aromatic rings. The molecule has 0 aliphatic heterocycles. The van der Waals surface area contributed by atoms with Gasteiger partial charge in [0.15, 0.2) is 0 Å². The number of rotatable bonds is 9. The number of aromatic nitrogens is 5. The number of hydrogen-bond donors (Lipinski definition) is 1. The second-order valence-electron chi connectivity index (χ2n) is 8.43. The lowest BCUT2D eigenvalue weighted by atomic mass is 9.97. The summed E-state index contributed by atoms with van der Waals surface area (Å²) in [5.41, 5.74) is 6.29. The van der Waals surface area contributed by atoms with Crippen molar-refractivity contribution in [1.29, 1.82) is 5.26 Å². The Morgan fingerprint density at radius 3 is 2.71 bits per heavy atom. The van der Waals surface area contributed by atoms with Crippen LogP contribution in [0.5, 0.6) is 5.88 Å². The van der Waals surface area contributed by atoms with Gasteiger partial charge in [-0.05, 0) is 42.0 Å². The molecule has 0 aliphatic rings. The number of H-pyrrole nitrogens is 1. The number of benzene rings is 2. The maximum absolute atomic E-state index is 12.1. The number of ether oxygens (including phenoxy) is 3. The summed E-state index contributed by atoms with van der Waals surface area (Å²) in [4.78, 5) is 21.5. The van der Waals surface area contributed by atoms with E-state index in [0.717, 1.165) is 39.2 Å². The number of imidazole rings is 1. The van der Waals surface area contributed by atoms with Crippen molar-refractivity contribution < 1.29 is 19.0 Å². The Morgan fingerprint density at radius 1 is 1.05 bits per heavy atom. The second kappa shape index (κ2) is 10.9. The molecule has 0 radical (unpaired) electrons. The van der Waals surface area contributed by atoms with Crippen molar-refractivity contribution in [2.24, 2.45) is 0 Å². The smallest absolute Gasteiger partial charge is 0.337 e. The van der Waals surface area contributed by atoms with E-state index in [1.165, 1.54) is 7.11 Å². The summed E-state index contributed by atoms with van der Waals surface area (Å²) >= 11 is 0. The quantitative estimate of drug-likeness (QED) is 0.230. The fourth-order valence-corrected chi connectivity index (χ4v) is 4.37. The minimum Gasteiger partial charge on any atom is -0.465 e. The van der Waals surface area contributed by atoms with Crippen molar-refractivity contribution in [3.8, 4) is 34.7 Å². The molecule has 5 rings (SSSR count). The summed E-state index contributed by atoms with van der Waals surface area (Å²) < 4.78 is 17.2. The van der Waals surface area contributed by atoms with Gasteiger partial charge in [0.05, 0.1) is 41.7 Å². The van der Waals surface area contributed by atoms with Crippen molar-refractivity contribution in [1.82, 2.24) is 24.7 Å². The Kier molecular flexibility index (Phi) is 7.10. The number of nitrogens with one attached hydrogen (secondary N) is 1. The zero-order valence-electron chi connectivity index (χ0n) is 20.8. The Hall–Kier alpha value is -5.01. The molecule has 0 amide bonds. The van der Waals surface area contributed by atoms with Gasteiger partial charge in [-0.2, -0.15) is 5.10 Å². The minimum absolute atomic E-state index is 0.230. The number of esters is 1. The highest BCUT2D eigenvalue weighted by Crippen LogP contribution is 2.31. The van der Waals surface area contributed by atoms with Gasteiger partial charge in [-0.3, -0.25) is 5.10 Å². The molecule has 0 spiro atoms. The molecule has 0 saturated carbocycles. The van der Waals surface area contributed by atoms with Crippen LogP contribution in [0.3, 0.4) is 0 Å². The Morgan fingerprint density at radius 2 is 1.95 bits per heavy atom. The van der Waals surface area contributed by atoms with Crippen LogP contribution in [0.25, 0.3) is 33.5 Å². The maximum atomic E-state index is 12.1. The number of aromatic amines is 1. The average molecular weight is 509 g/mol. The molecule has 10 heteroatoms. The third kappa shape index (κ3) is 4.96. The van der Waals surface area contributed by atoms with Crippen LogP contribution in [0.1, 0.15) is 21.7 Å². The first-order chi connectivity index (χ1) is 18.6. The van der Waals surface area contributed by atoms with Crippen LogP contribution in [0.15, 0.2) is 66.9 Å². The molecule has 0 fully saturated rings. The summed E-state index contributed by atoms with van der Waals surface area (Å²) in [6.45, 7) is 1.05. The summed E-state index contributed by atoms with van der Waals surface area (Å²) in [5, 5.41) is 16.1. The lowest BCUT2D eigenvalue weighted by Gasteiger charge is -2.13. The zero-order valence-corrected chi connectivity index (χ0v) is 20.8. The molecule has 3 aromatic heterocycles. The molecule has 190 valence electrons. The Bertz CT molecular complexity index is 1640. The van der Waals surface area contributed by atoms with Crippen molar-refractivity contribution >= 4 is 17.0 Å². The van der Waals surface area contributed by atoms with E-state index in [0.29, 0.717) is 30.8 Å². The molecule has 1 N–H and O–H groups in total. The Labute approximate surface area is 218 Å². The standard InChI is InChI=1S/C28H24N6O4/c1-36-13-12-34-25-15-20(28(35)37-2)8-9-24(25)31-26(34)16-18-6-7-19(14-21(18)23-10-11-30-33-23)22-4-3-5-27(32-22)38-17-29/h3-11,14-15H,12-13,16H2,1-2H3,(H,30,33). The monoisotopic (exact) mass is 508 g/mol. The summed E-state index contributed by atoms with van der Waals surface area (Å²) in [6, 6.07) is 18.5. The van der Waals surface area contributed by atoms with Gasteiger partial charge in [0.25, 0.3) is 6.26 Å². The molecular formula is C28H24N6O4. The molecule has 0 unspecified atom stereocenters. The van der Waals surface area contributed by atoms with E-state index >= 15 is 0 Å². The number of methoxy groups -OCH3 is 2. The first-order valence-electron chi connectivity index (χ1n) is 11.8. The van der Waals surface area contributed by atoms with Gasteiger partial charge in [0.2, 0.25) is 5.88 Å². The fraction of sp³-hybridized carbons (Fsp3) is 0.179. The first-order valence-corrected chi connectivity index (χ1v) is 11.8. The predicted molar refractivity (Wildman–Crippen MR) is 139 cm³/mol. The summed E-state index contributed by atoms with van der Waals surface area (Å²) in [7, 11) is 3.01. The van der Waals surface area contributed by atoms with Gasteiger partial charge in [0.1, 0.15) is 5.82 Å². The van der Waals surface area contributed by atoms with Crippen LogP contribution >= 0.6 is 0 Å². The van der Waals surface area contributed by atoms with Gasteiger partial charge >= 0.3 is 5.97 Å². The van der Waals surface area contributed by atoms with Gasteiger partial charge in [-0.1, -0.05) is 18.2 Å². The van der Waals surface area contributed by atoms with E-state index in [2.05, 4.69) is 19.7 Å². The number of fused-ring (bicyclic) bond motifs is 1. The van der Waals surface area contributed by atoms with Gasteiger partial charge in [-0.25, -0.2) is 14.8 Å². The van der Waals surface area contributed by atoms with E-state index in [4.69, 9.17) is 24.5 Å². The molecule has 0 aliphatic carbocycles. The number of hydrogen-bond acceptors (Lipinski definition) is 8. The first kappa shape index (κ1) is 24.7. The fourth-order valence-electron chi connectivity index (χ4n) is 4.37. The van der Waals surface area contributed by atoms with E-state index in [1.807, 2.05) is 36.4 Å². The highest BCUT2D eigenvalue weighted by molar-refractivity contribution is 5.93. The van der Waals surface area contributed by atoms with E-state index < -0.39 is 5.97 Å².